The molecular formula is C18H25N3O7. The first-order valence-corrected chi connectivity index (χ1v) is 8.77. The molecule has 0 aromatic heterocycles. The van der Waals surface area contributed by atoms with Crippen molar-refractivity contribution in [1.29, 1.82) is 0 Å². The number of amides is 2. The summed E-state index contributed by atoms with van der Waals surface area (Å²) in [7, 11) is 0. The fraction of sp³-hybridized carbons (Fsp3) is 0.500. The second kappa shape index (κ2) is 10.2. The van der Waals surface area contributed by atoms with Crippen LogP contribution >= 0.6 is 0 Å². The fourth-order valence-corrected chi connectivity index (χ4v) is 2.23. The van der Waals surface area contributed by atoms with Gasteiger partial charge in [-0.3, -0.25) is 14.9 Å². The summed E-state index contributed by atoms with van der Waals surface area (Å²) in [6.45, 7) is 5.73. The zero-order chi connectivity index (χ0) is 21.3. The first kappa shape index (κ1) is 22.9. The number of benzene rings is 1. The second-order valence-electron chi connectivity index (χ2n) is 7.12. The highest BCUT2D eigenvalue weighted by molar-refractivity contribution is 5.94. The number of non-ortho nitro benzene ring substituents is 1. The number of hydrogen-bond acceptors (Lipinski definition) is 6. The van der Waals surface area contributed by atoms with Crippen LogP contribution in [-0.4, -0.2) is 40.1 Å². The van der Waals surface area contributed by atoms with E-state index in [4.69, 9.17) is 9.84 Å². The van der Waals surface area contributed by atoms with Crippen molar-refractivity contribution in [2.24, 2.45) is 0 Å². The quantitative estimate of drug-likeness (QED) is 0.330. The number of carboxylic acids is 1. The molecule has 154 valence electrons. The average molecular weight is 395 g/mol. The van der Waals surface area contributed by atoms with E-state index in [0.29, 0.717) is 25.8 Å². The van der Waals surface area contributed by atoms with Crippen molar-refractivity contribution >= 4 is 29.3 Å². The summed E-state index contributed by atoms with van der Waals surface area (Å²) in [5.74, 6) is -1.70. The predicted octanol–water partition coefficient (Wildman–Crippen LogP) is 3.32. The van der Waals surface area contributed by atoms with Gasteiger partial charge in [0.05, 0.1) is 10.5 Å². The maximum atomic E-state index is 12.0. The Bertz CT molecular complexity index is 709. The molecule has 0 fully saturated rings. The van der Waals surface area contributed by atoms with E-state index in [1.165, 1.54) is 0 Å². The van der Waals surface area contributed by atoms with Gasteiger partial charge in [0.25, 0.3) is 5.69 Å². The molecule has 0 saturated heterocycles. The van der Waals surface area contributed by atoms with Gasteiger partial charge in [-0.2, -0.15) is 0 Å². The van der Waals surface area contributed by atoms with Crippen molar-refractivity contribution in [2.75, 3.05) is 11.9 Å². The minimum Gasteiger partial charge on any atom is -0.478 e. The van der Waals surface area contributed by atoms with Gasteiger partial charge in [0.2, 0.25) is 5.91 Å². The smallest absolute Gasteiger partial charge is 0.407 e. The van der Waals surface area contributed by atoms with Crippen LogP contribution in [-0.2, 0) is 9.53 Å². The largest absolute Gasteiger partial charge is 0.478 e. The number of unbranched alkanes of at least 4 members (excludes halogenated alkanes) is 2. The van der Waals surface area contributed by atoms with Gasteiger partial charge in [-0.05, 0) is 39.7 Å². The molecule has 10 nitrogen and oxygen atoms in total. The average Bonchev–Trinajstić information content (AvgIpc) is 2.55. The van der Waals surface area contributed by atoms with Crippen molar-refractivity contribution in [2.45, 2.75) is 52.1 Å². The van der Waals surface area contributed by atoms with Crippen LogP contribution in [0, 0.1) is 10.1 Å². The topological polar surface area (TPSA) is 148 Å². The summed E-state index contributed by atoms with van der Waals surface area (Å²) >= 11 is 0. The Balaban J connectivity index is 2.38. The maximum Gasteiger partial charge on any atom is 0.407 e. The Morgan fingerprint density at radius 3 is 2.39 bits per heavy atom. The minimum atomic E-state index is -1.32. The van der Waals surface area contributed by atoms with Crippen LogP contribution in [0.15, 0.2) is 18.2 Å². The number of rotatable bonds is 9. The van der Waals surface area contributed by atoms with Crippen LogP contribution in [0.4, 0.5) is 16.2 Å². The Labute approximate surface area is 162 Å². The molecule has 0 radical (unpaired) electrons. The van der Waals surface area contributed by atoms with Crippen molar-refractivity contribution < 1.29 is 29.2 Å². The van der Waals surface area contributed by atoms with Crippen molar-refractivity contribution in [1.82, 2.24) is 5.32 Å². The number of alkyl carbamates (subject to hydrolysis) is 1. The summed E-state index contributed by atoms with van der Waals surface area (Å²) in [6.07, 6.45) is 1.55. The molecule has 1 aromatic carbocycles. The number of nitrogens with zero attached hydrogens (tertiary/aromatic N) is 1. The number of aromatic carboxylic acids is 1. The molecule has 0 saturated carbocycles. The third-order valence-corrected chi connectivity index (χ3v) is 3.41. The maximum absolute atomic E-state index is 12.0. The van der Waals surface area contributed by atoms with Gasteiger partial charge in [-0.1, -0.05) is 6.42 Å². The van der Waals surface area contributed by atoms with E-state index < -0.39 is 28.3 Å². The molecule has 0 atom stereocenters. The molecule has 0 aliphatic carbocycles. The van der Waals surface area contributed by atoms with E-state index in [1.54, 1.807) is 20.8 Å². The highest BCUT2D eigenvalue weighted by atomic mass is 16.6. The van der Waals surface area contributed by atoms with Gasteiger partial charge < -0.3 is 20.5 Å². The Morgan fingerprint density at radius 1 is 1.14 bits per heavy atom. The second-order valence-corrected chi connectivity index (χ2v) is 7.12. The fourth-order valence-electron chi connectivity index (χ4n) is 2.23. The highest BCUT2D eigenvalue weighted by Gasteiger charge is 2.16. The summed E-state index contributed by atoms with van der Waals surface area (Å²) < 4.78 is 5.10. The zero-order valence-corrected chi connectivity index (χ0v) is 16.1. The number of nitrogens with one attached hydrogen (secondary N) is 2. The van der Waals surface area contributed by atoms with E-state index in [1.807, 2.05) is 0 Å². The van der Waals surface area contributed by atoms with Crippen LogP contribution in [0.2, 0.25) is 0 Å². The van der Waals surface area contributed by atoms with Crippen LogP contribution in [0.1, 0.15) is 56.8 Å². The standard InChI is InChI=1S/C18H25N3O7/c1-18(2,3)28-17(25)19-8-6-4-5-7-15(22)20-13-9-12(16(23)24)10-14(11-13)21(26)27/h9-11H,4-8H2,1-3H3,(H,19,25)(H,20,22)(H,23,24). The summed E-state index contributed by atoms with van der Waals surface area (Å²) in [5.41, 5.74) is -1.20. The van der Waals surface area contributed by atoms with Crippen LogP contribution in [0.25, 0.3) is 0 Å². The summed E-state index contributed by atoms with van der Waals surface area (Å²) in [4.78, 5) is 44.6. The SMILES string of the molecule is CC(C)(C)OC(=O)NCCCCCC(=O)Nc1cc(C(=O)O)cc([N+](=O)[O-])c1. The van der Waals surface area contributed by atoms with Gasteiger partial charge in [0.15, 0.2) is 0 Å². The van der Waals surface area contributed by atoms with Crippen molar-refractivity contribution in [3.8, 4) is 0 Å². The number of carbonyl (C=O) groups is 3. The molecule has 3 N–H and O–H groups in total. The Kier molecular flexibility index (Phi) is 8.36. The minimum absolute atomic E-state index is 0.0585. The van der Waals surface area contributed by atoms with Crippen LogP contribution < -0.4 is 10.6 Å². The molecule has 0 bridgehead atoms. The monoisotopic (exact) mass is 395 g/mol. The van der Waals surface area contributed by atoms with Gasteiger partial charge >= 0.3 is 12.1 Å². The lowest BCUT2D eigenvalue weighted by molar-refractivity contribution is -0.384. The molecule has 0 aliphatic rings. The predicted molar refractivity (Wildman–Crippen MR) is 101 cm³/mol. The number of anilines is 1. The van der Waals surface area contributed by atoms with Gasteiger partial charge in [-0.25, -0.2) is 9.59 Å². The van der Waals surface area contributed by atoms with E-state index >= 15 is 0 Å². The van der Waals surface area contributed by atoms with Gasteiger partial charge in [-0.15, -0.1) is 0 Å². The first-order chi connectivity index (χ1) is 13.0. The molecule has 28 heavy (non-hydrogen) atoms. The lowest BCUT2D eigenvalue weighted by Crippen LogP contribution is -2.33. The highest BCUT2D eigenvalue weighted by Crippen LogP contribution is 2.21. The zero-order valence-electron chi connectivity index (χ0n) is 16.1. The van der Waals surface area contributed by atoms with Crippen LogP contribution in [0.5, 0.6) is 0 Å². The number of carbonyl (C=O) groups excluding carboxylic acids is 2. The molecule has 0 unspecified atom stereocenters. The molecular weight excluding hydrogens is 370 g/mol. The molecule has 1 rings (SSSR count). The van der Waals surface area contributed by atoms with Crippen molar-refractivity contribution in [3.05, 3.63) is 33.9 Å². The lowest BCUT2D eigenvalue weighted by atomic mass is 10.1. The number of ether oxygens (including phenoxy) is 1. The number of nitro groups is 1. The van der Waals surface area contributed by atoms with E-state index in [9.17, 15) is 24.5 Å². The number of carboxylic acid groups (broad SMARTS) is 1. The molecule has 1 aromatic rings. The molecule has 2 amide bonds. The molecule has 10 heteroatoms. The molecule has 0 heterocycles. The van der Waals surface area contributed by atoms with Crippen molar-refractivity contribution in [3.63, 3.8) is 0 Å². The third kappa shape index (κ3) is 8.97. The van der Waals surface area contributed by atoms with Crippen LogP contribution in [0.3, 0.4) is 0 Å². The normalized spacial score (nSPS) is 10.8. The molecule has 0 spiro atoms. The van der Waals surface area contributed by atoms with E-state index in [-0.39, 0.29) is 23.6 Å². The third-order valence-electron chi connectivity index (χ3n) is 3.41. The van der Waals surface area contributed by atoms with E-state index in [0.717, 1.165) is 18.2 Å². The van der Waals surface area contributed by atoms with Gasteiger partial charge in [0.1, 0.15) is 5.60 Å². The summed E-state index contributed by atoms with van der Waals surface area (Å²) in [6, 6.07) is 3.20. The summed E-state index contributed by atoms with van der Waals surface area (Å²) in [5, 5.41) is 25.0. The number of nitro benzene ring substituents is 1. The Hall–Kier alpha value is -3.17. The number of hydrogen-bond donors (Lipinski definition) is 3. The van der Waals surface area contributed by atoms with Gasteiger partial charge in [0, 0.05) is 30.8 Å². The van der Waals surface area contributed by atoms with E-state index in [2.05, 4.69) is 10.6 Å². The lowest BCUT2D eigenvalue weighted by Gasteiger charge is -2.19. The Morgan fingerprint density at radius 2 is 1.82 bits per heavy atom. The first-order valence-electron chi connectivity index (χ1n) is 8.77. The molecule has 0 aliphatic heterocycles.